The van der Waals surface area contributed by atoms with Crippen LogP contribution in [0.2, 0.25) is 0 Å². The van der Waals surface area contributed by atoms with E-state index in [1.165, 1.54) is 5.56 Å². The van der Waals surface area contributed by atoms with Gasteiger partial charge >= 0.3 is 0 Å². The highest BCUT2D eigenvalue weighted by atomic mass is 16.3. The molecule has 4 heterocycles. The summed E-state index contributed by atoms with van der Waals surface area (Å²) in [5.74, 6) is 1.70. The van der Waals surface area contributed by atoms with E-state index in [0.717, 1.165) is 57.9 Å². The first-order valence-electron chi connectivity index (χ1n) is 10.3. The van der Waals surface area contributed by atoms with Gasteiger partial charge < -0.3 is 9.32 Å². The molecule has 3 unspecified atom stereocenters. The molecule has 2 aromatic rings. The average molecular weight is 380 g/mol. The second-order valence-corrected chi connectivity index (χ2v) is 8.41. The Bertz CT molecular complexity index is 803. The lowest BCUT2D eigenvalue weighted by Crippen LogP contribution is -2.55. The van der Waals surface area contributed by atoms with Crippen molar-refractivity contribution in [1.82, 2.24) is 20.7 Å². The monoisotopic (exact) mass is 380 g/mol. The summed E-state index contributed by atoms with van der Waals surface area (Å²) in [4.78, 5) is 17.6. The zero-order chi connectivity index (χ0) is 19.0. The number of likely N-dealkylation sites (tertiary alicyclic amines) is 2. The third-order valence-electron chi connectivity index (χ3n) is 6.79. The van der Waals surface area contributed by atoms with E-state index in [4.69, 9.17) is 4.42 Å². The van der Waals surface area contributed by atoms with Crippen molar-refractivity contribution in [2.24, 2.45) is 5.92 Å². The van der Waals surface area contributed by atoms with Gasteiger partial charge in [0.15, 0.2) is 0 Å². The zero-order valence-corrected chi connectivity index (χ0v) is 16.1. The molecule has 3 aliphatic heterocycles. The summed E-state index contributed by atoms with van der Waals surface area (Å²) in [6.45, 7) is 5.37. The molecule has 5 rings (SSSR count). The van der Waals surface area contributed by atoms with E-state index in [0.29, 0.717) is 5.92 Å². The molecule has 0 saturated carbocycles. The van der Waals surface area contributed by atoms with Gasteiger partial charge in [0.2, 0.25) is 5.91 Å². The highest BCUT2D eigenvalue weighted by Crippen LogP contribution is 2.45. The van der Waals surface area contributed by atoms with Crippen LogP contribution in [0.4, 0.5) is 0 Å². The lowest BCUT2D eigenvalue weighted by molar-refractivity contribution is -0.135. The predicted molar refractivity (Wildman–Crippen MR) is 106 cm³/mol. The number of nitrogens with zero attached hydrogens (tertiary/aromatic N) is 2. The maximum absolute atomic E-state index is 13.0. The van der Waals surface area contributed by atoms with E-state index in [9.17, 15) is 4.79 Å². The fraction of sp³-hybridized carbons (Fsp3) is 0.500. The first kappa shape index (κ1) is 17.9. The van der Waals surface area contributed by atoms with E-state index >= 15 is 0 Å². The number of fused-ring (bicyclic) bond motifs is 1. The Morgan fingerprint density at radius 1 is 1.18 bits per heavy atom. The smallest absolute Gasteiger partial charge is 0.241 e. The van der Waals surface area contributed by atoms with Gasteiger partial charge in [-0.3, -0.25) is 15.1 Å². The summed E-state index contributed by atoms with van der Waals surface area (Å²) in [5, 5.41) is 0. The number of hydrogen-bond donors (Lipinski definition) is 2. The summed E-state index contributed by atoms with van der Waals surface area (Å²) >= 11 is 0. The van der Waals surface area contributed by atoms with Crippen molar-refractivity contribution in [2.45, 2.75) is 30.8 Å². The number of hydrogen-bond acceptors (Lipinski definition) is 5. The molecule has 0 bridgehead atoms. The highest BCUT2D eigenvalue weighted by Gasteiger charge is 2.51. The number of carbonyl (C=O) groups is 1. The third kappa shape index (κ3) is 3.15. The Kier molecular flexibility index (Phi) is 4.70. The molecule has 6 nitrogen and oxygen atoms in total. The van der Waals surface area contributed by atoms with Gasteiger partial charge in [-0.1, -0.05) is 30.3 Å². The summed E-state index contributed by atoms with van der Waals surface area (Å²) in [5.41, 5.74) is 7.75. The molecule has 1 aromatic carbocycles. The van der Waals surface area contributed by atoms with Crippen molar-refractivity contribution in [3.8, 4) is 0 Å². The van der Waals surface area contributed by atoms with Crippen LogP contribution in [-0.2, 0) is 16.8 Å². The Balaban J connectivity index is 1.38. The van der Waals surface area contributed by atoms with Crippen LogP contribution >= 0.6 is 0 Å². The first-order chi connectivity index (χ1) is 13.7. The molecule has 3 saturated heterocycles. The summed E-state index contributed by atoms with van der Waals surface area (Å²) in [6, 6.07) is 14.8. The van der Waals surface area contributed by atoms with E-state index in [1.807, 2.05) is 12.1 Å². The van der Waals surface area contributed by atoms with Gasteiger partial charge in [0.25, 0.3) is 0 Å². The molecular formula is C22H28N4O2. The molecule has 0 aliphatic carbocycles. The molecule has 0 radical (unpaired) electrons. The van der Waals surface area contributed by atoms with Crippen molar-refractivity contribution in [2.75, 3.05) is 32.7 Å². The quantitative estimate of drug-likeness (QED) is 0.846. The normalized spacial score (nSPS) is 30.5. The molecule has 28 heavy (non-hydrogen) atoms. The number of furan rings is 1. The molecule has 1 amide bonds. The number of benzene rings is 1. The summed E-state index contributed by atoms with van der Waals surface area (Å²) < 4.78 is 5.59. The van der Waals surface area contributed by atoms with Crippen LogP contribution in [0, 0.1) is 5.92 Å². The zero-order valence-electron chi connectivity index (χ0n) is 16.1. The first-order valence-corrected chi connectivity index (χ1v) is 10.3. The molecule has 6 heteroatoms. The van der Waals surface area contributed by atoms with Gasteiger partial charge in [0.1, 0.15) is 11.8 Å². The maximum atomic E-state index is 13.0. The minimum absolute atomic E-state index is 0.0788. The Morgan fingerprint density at radius 2 is 2.07 bits per heavy atom. The topological polar surface area (TPSA) is 60.8 Å². The lowest BCUT2D eigenvalue weighted by atomic mass is 9.68. The van der Waals surface area contributed by atoms with Gasteiger partial charge in [0.05, 0.1) is 12.8 Å². The number of piperidine rings is 1. The van der Waals surface area contributed by atoms with Gasteiger partial charge in [-0.15, -0.1) is 0 Å². The van der Waals surface area contributed by atoms with Crippen LogP contribution < -0.4 is 10.9 Å². The van der Waals surface area contributed by atoms with Crippen molar-refractivity contribution < 1.29 is 9.21 Å². The SMILES string of the molecule is O=C(C1CCNN1)N1CCC2(c3ccccc3)CN(Cc3ccco3)CC2C1. The lowest BCUT2D eigenvalue weighted by Gasteiger charge is -2.44. The van der Waals surface area contributed by atoms with Crippen LogP contribution in [-0.4, -0.2) is 54.5 Å². The maximum Gasteiger partial charge on any atom is 0.241 e. The van der Waals surface area contributed by atoms with Crippen LogP contribution in [0.1, 0.15) is 24.2 Å². The standard InChI is InChI=1S/C22H28N4O2/c27-21(20-8-10-23-24-20)26-11-9-22(17-5-2-1-3-6-17)16-25(13-18(22)14-26)15-19-7-4-12-28-19/h1-7,12,18,20,23-24H,8-11,13-16H2. The van der Waals surface area contributed by atoms with E-state index in [2.05, 4.69) is 51.0 Å². The molecule has 3 aliphatic rings. The highest BCUT2D eigenvalue weighted by molar-refractivity contribution is 5.82. The van der Waals surface area contributed by atoms with Gasteiger partial charge in [0, 0.05) is 44.1 Å². The van der Waals surface area contributed by atoms with Crippen LogP contribution in [0.15, 0.2) is 53.1 Å². The Morgan fingerprint density at radius 3 is 2.82 bits per heavy atom. The van der Waals surface area contributed by atoms with Crippen LogP contribution in [0.3, 0.4) is 0 Å². The van der Waals surface area contributed by atoms with Gasteiger partial charge in [-0.05, 0) is 30.5 Å². The van der Waals surface area contributed by atoms with Gasteiger partial charge in [-0.2, -0.15) is 0 Å². The Hall–Kier alpha value is -2.15. The predicted octanol–water partition coefficient (Wildman–Crippen LogP) is 1.75. The molecule has 2 N–H and O–H groups in total. The second kappa shape index (κ2) is 7.35. The molecule has 3 atom stereocenters. The van der Waals surface area contributed by atoms with Crippen molar-refractivity contribution in [3.63, 3.8) is 0 Å². The largest absolute Gasteiger partial charge is 0.468 e. The van der Waals surface area contributed by atoms with Crippen molar-refractivity contribution in [1.29, 1.82) is 0 Å². The minimum Gasteiger partial charge on any atom is -0.468 e. The molecule has 148 valence electrons. The molecule has 1 aromatic heterocycles. The molecule has 0 spiro atoms. The van der Waals surface area contributed by atoms with E-state index < -0.39 is 0 Å². The third-order valence-corrected chi connectivity index (χ3v) is 6.79. The molecule has 3 fully saturated rings. The van der Waals surface area contributed by atoms with Crippen LogP contribution in [0.25, 0.3) is 0 Å². The van der Waals surface area contributed by atoms with Gasteiger partial charge in [-0.25, -0.2) is 5.43 Å². The summed E-state index contributed by atoms with van der Waals surface area (Å²) in [6.07, 6.45) is 3.63. The number of hydrazine groups is 1. The number of nitrogens with one attached hydrogen (secondary N) is 2. The van der Waals surface area contributed by atoms with E-state index in [1.54, 1.807) is 6.26 Å². The van der Waals surface area contributed by atoms with Crippen LogP contribution in [0.5, 0.6) is 0 Å². The summed E-state index contributed by atoms with van der Waals surface area (Å²) in [7, 11) is 0. The number of amides is 1. The Labute approximate surface area is 165 Å². The number of carbonyl (C=O) groups excluding carboxylic acids is 1. The van der Waals surface area contributed by atoms with E-state index in [-0.39, 0.29) is 17.4 Å². The number of rotatable bonds is 4. The van der Waals surface area contributed by atoms with Crippen molar-refractivity contribution in [3.05, 3.63) is 60.1 Å². The fourth-order valence-corrected chi connectivity index (χ4v) is 5.36. The molecular weight excluding hydrogens is 352 g/mol. The fourth-order valence-electron chi connectivity index (χ4n) is 5.36. The minimum atomic E-state index is -0.0788. The van der Waals surface area contributed by atoms with Crippen molar-refractivity contribution >= 4 is 5.91 Å². The second-order valence-electron chi connectivity index (χ2n) is 8.41. The average Bonchev–Trinajstić information content (AvgIpc) is 3.49.